The topological polar surface area (TPSA) is 58.0 Å². The lowest BCUT2D eigenvalue weighted by Gasteiger charge is -2.12. The van der Waals surface area contributed by atoms with Gasteiger partial charge in [-0.05, 0) is 22.4 Å². The molecule has 0 amide bonds. The normalized spacial score (nSPS) is 12.2. The second kappa shape index (κ2) is 7.01. The van der Waals surface area contributed by atoms with Crippen molar-refractivity contribution >= 4 is 27.4 Å². The highest BCUT2D eigenvalue weighted by Crippen LogP contribution is 2.23. The molecule has 0 saturated carbocycles. The Bertz CT molecular complexity index is 984. The molecule has 124 valence electrons. The second-order valence-corrected chi connectivity index (χ2v) is 6.54. The maximum absolute atomic E-state index is 10.5. The number of aromatic nitrogens is 2. The average molecular weight is 347 g/mol. The molecule has 0 aliphatic heterocycles. The fourth-order valence-corrected chi connectivity index (χ4v) is 3.31. The summed E-state index contributed by atoms with van der Waals surface area (Å²) in [6.45, 7) is 0.391. The number of hydrogen-bond donors (Lipinski definition) is 2. The Labute approximate surface area is 150 Å². The zero-order valence-corrected chi connectivity index (χ0v) is 14.3. The Morgan fingerprint density at radius 3 is 2.52 bits per heavy atom. The molecular formula is C20H17N3OS. The number of nitrogens with zero attached hydrogens (tertiary/aromatic N) is 2. The molecule has 4 aromatic rings. The average Bonchev–Trinajstić information content (AvgIpc) is 3.15. The molecule has 0 bridgehead atoms. The summed E-state index contributed by atoms with van der Waals surface area (Å²) in [5.74, 6) is 0.702. The van der Waals surface area contributed by atoms with E-state index in [1.54, 1.807) is 0 Å². The third-order valence-corrected chi connectivity index (χ3v) is 4.74. The van der Waals surface area contributed by atoms with Gasteiger partial charge in [-0.1, -0.05) is 66.7 Å². The van der Waals surface area contributed by atoms with E-state index in [1.807, 2.05) is 60.7 Å². The molecule has 0 aliphatic rings. The second-order valence-electron chi connectivity index (χ2n) is 5.79. The van der Waals surface area contributed by atoms with Crippen LogP contribution in [0, 0.1) is 0 Å². The number of rotatable bonds is 5. The standard InChI is InChI=1S/C20H17N3OS/c24-18(17-11-10-14-6-4-5-9-16(14)12-17)13-21-20-22-19(23-25-20)15-7-2-1-3-8-15/h1-12,18,24H,13H2,(H,21,22,23). The van der Waals surface area contributed by atoms with E-state index < -0.39 is 6.10 Å². The van der Waals surface area contributed by atoms with Gasteiger partial charge in [-0.25, -0.2) is 0 Å². The van der Waals surface area contributed by atoms with E-state index in [0.717, 1.165) is 16.5 Å². The van der Waals surface area contributed by atoms with Crippen LogP contribution >= 0.6 is 11.5 Å². The summed E-state index contributed by atoms with van der Waals surface area (Å²) in [4.78, 5) is 4.48. The number of nitrogens with one attached hydrogen (secondary N) is 1. The molecule has 1 aromatic heterocycles. The van der Waals surface area contributed by atoms with E-state index in [2.05, 4.69) is 26.8 Å². The predicted molar refractivity (Wildman–Crippen MR) is 103 cm³/mol. The molecular weight excluding hydrogens is 330 g/mol. The van der Waals surface area contributed by atoms with Gasteiger partial charge in [0.2, 0.25) is 5.13 Å². The van der Waals surface area contributed by atoms with Crippen molar-refractivity contribution in [3.8, 4) is 11.4 Å². The number of benzene rings is 3. The van der Waals surface area contributed by atoms with Crippen LogP contribution in [0.1, 0.15) is 11.7 Å². The summed E-state index contributed by atoms with van der Waals surface area (Å²) >= 11 is 1.30. The van der Waals surface area contributed by atoms with Gasteiger partial charge in [-0.15, -0.1) is 0 Å². The molecule has 1 unspecified atom stereocenters. The van der Waals surface area contributed by atoms with Gasteiger partial charge in [0.05, 0.1) is 6.10 Å². The molecule has 0 spiro atoms. The van der Waals surface area contributed by atoms with Crippen LogP contribution in [0.2, 0.25) is 0 Å². The summed E-state index contributed by atoms with van der Waals surface area (Å²) < 4.78 is 4.36. The van der Waals surface area contributed by atoms with Crippen molar-refractivity contribution in [1.82, 2.24) is 9.36 Å². The fraction of sp³-hybridized carbons (Fsp3) is 0.100. The minimum absolute atomic E-state index is 0.391. The number of aliphatic hydroxyl groups is 1. The molecule has 0 radical (unpaired) electrons. The van der Waals surface area contributed by atoms with Crippen LogP contribution < -0.4 is 5.32 Å². The van der Waals surface area contributed by atoms with Crippen molar-refractivity contribution in [2.75, 3.05) is 11.9 Å². The van der Waals surface area contributed by atoms with E-state index in [1.165, 1.54) is 16.9 Å². The lowest BCUT2D eigenvalue weighted by molar-refractivity contribution is 0.192. The minimum Gasteiger partial charge on any atom is -0.387 e. The highest BCUT2D eigenvalue weighted by atomic mass is 32.1. The molecule has 25 heavy (non-hydrogen) atoms. The Hall–Kier alpha value is -2.76. The molecule has 4 nitrogen and oxygen atoms in total. The molecule has 0 aliphatic carbocycles. The molecule has 0 saturated heterocycles. The number of hydrogen-bond acceptors (Lipinski definition) is 5. The van der Waals surface area contributed by atoms with Crippen LogP contribution in [0.15, 0.2) is 72.8 Å². The summed E-state index contributed by atoms with van der Waals surface area (Å²) in [6, 6.07) is 24.0. The van der Waals surface area contributed by atoms with Crippen LogP contribution in [0.4, 0.5) is 5.13 Å². The SMILES string of the molecule is OC(CNc1nc(-c2ccccc2)ns1)c1ccc2ccccc2c1. The number of anilines is 1. The maximum atomic E-state index is 10.5. The van der Waals surface area contributed by atoms with Gasteiger partial charge in [0.15, 0.2) is 5.82 Å². The Balaban J connectivity index is 1.44. The highest BCUT2D eigenvalue weighted by Gasteiger charge is 2.11. The molecule has 3 aromatic carbocycles. The van der Waals surface area contributed by atoms with Crippen LogP contribution in [0.5, 0.6) is 0 Å². The summed E-state index contributed by atoms with van der Waals surface area (Å²) in [5, 5.41) is 16.6. The Kier molecular flexibility index (Phi) is 4.41. The number of fused-ring (bicyclic) bond motifs is 1. The van der Waals surface area contributed by atoms with E-state index >= 15 is 0 Å². The third-order valence-electron chi connectivity index (χ3n) is 4.06. The van der Waals surface area contributed by atoms with Gasteiger partial charge in [-0.3, -0.25) is 0 Å². The lowest BCUT2D eigenvalue weighted by atomic mass is 10.0. The van der Waals surface area contributed by atoms with Crippen molar-refractivity contribution in [3.05, 3.63) is 78.4 Å². The first-order chi connectivity index (χ1) is 12.3. The Morgan fingerprint density at radius 2 is 1.68 bits per heavy atom. The van der Waals surface area contributed by atoms with Gasteiger partial charge >= 0.3 is 0 Å². The molecule has 2 N–H and O–H groups in total. The molecule has 1 atom stereocenters. The van der Waals surface area contributed by atoms with Gasteiger partial charge < -0.3 is 10.4 Å². The van der Waals surface area contributed by atoms with E-state index in [-0.39, 0.29) is 0 Å². The van der Waals surface area contributed by atoms with Gasteiger partial charge in [0.25, 0.3) is 0 Å². The summed E-state index contributed by atoms with van der Waals surface area (Å²) in [5.41, 5.74) is 1.88. The van der Waals surface area contributed by atoms with Crippen LogP contribution in [-0.2, 0) is 0 Å². The largest absolute Gasteiger partial charge is 0.387 e. The van der Waals surface area contributed by atoms with Gasteiger partial charge in [0, 0.05) is 23.6 Å². The zero-order chi connectivity index (χ0) is 17.1. The molecule has 0 fully saturated rings. The minimum atomic E-state index is -0.603. The first-order valence-corrected chi connectivity index (χ1v) is 8.87. The van der Waals surface area contributed by atoms with Crippen molar-refractivity contribution in [2.45, 2.75) is 6.10 Å². The van der Waals surface area contributed by atoms with E-state index in [9.17, 15) is 5.11 Å². The first kappa shape index (κ1) is 15.7. The quantitative estimate of drug-likeness (QED) is 0.558. The Morgan fingerprint density at radius 1 is 0.920 bits per heavy atom. The summed E-state index contributed by atoms with van der Waals surface area (Å²) in [6.07, 6.45) is -0.603. The fourth-order valence-electron chi connectivity index (χ4n) is 2.72. The zero-order valence-electron chi connectivity index (χ0n) is 13.5. The molecule has 4 rings (SSSR count). The number of aliphatic hydroxyl groups excluding tert-OH is 1. The smallest absolute Gasteiger partial charge is 0.202 e. The monoisotopic (exact) mass is 347 g/mol. The molecule has 5 heteroatoms. The maximum Gasteiger partial charge on any atom is 0.202 e. The van der Waals surface area contributed by atoms with Crippen molar-refractivity contribution in [3.63, 3.8) is 0 Å². The van der Waals surface area contributed by atoms with Crippen LogP contribution in [0.3, 0.4) is 0 Å². The first-order valence-electron chi connectivity index (χ1n) is 8.09. The lowest BCUT2D eigenvalue weighted by Crippen LogP contribution is -2.11. The van der Waals surface area contributed by atoms with Crippen molar-refractivity contribution in [1.29, 1.82) is 0 Å². The van der Waals surface area contributed by atoms with Crippen LogP contribution in [0.25, 0.3) is 22.2 Å². The van der Waals surface area contributed by atoms with Crippen molar-refractivity contribution in [2.24, 2.45) is 0 Å². The van der Waals surface area contributed by atoms with Crippen LogP contribution in [-0.4, -0.2) is 21.0 Å². The summed E-state index contributed by atoms with van der Waals surface area (Å²) in [7, 11) is 0. The van der Waals surface area contributed by atoms with Crippen molar-refractivity contribution < 1.29 is 5.11 Å². The predicted octanol–water partition coefficient (Wildman–Crippen LogP) is 4.50. The third kappa shape index (κ3) is 3.52. The van der Waals surface area contributed by atoms with E-state index in [0.29, 0.717) is 17.5 Å². The van der Waals surface area contributed by atoms with E-state index in [4.69, 9.17) is 0 Å². The molecule has 1 heterocycles. The highest BCUT2D eigenvalue weighted by molar-refractivity contribution is 7.09. The van der Waals surface area contributed by atoms with Gasteiger partial charge in [0.1, 0.15) is 0 Å². The van der Waals surface area contributed by atoms with Gasteiger partial charge in [-0.2, -0.15) is 9.36 Å².